The van der Waals surface area contributed by atoms with E-state index in [1.807, 2.05) is 0 Å². The lowest BCUT2D eigenvalue weighted by molar-refractivity contribution is -0.189. The highest BCUT2D eigenvalue weighted by molar-refractivity contribution is 5.93. The summed E-state index contributed by atoms with van der Waals surface area (Å²) in [4.78, 5) is 35.1. The van der Waals surface area contributed by atoms with E-state index in [1.165, 1.54) is 41.1 Å². The molecule has 3 aromatic rings. The van der Waals surface area contributed by atoms with Crippen LogP contribution in [0.25, 0.3) is 22.4 Å². The molecule has 0 unspecified atom stereocenters. The molecule has 1 aliphatic carbocycles. The van der Waals surface area contributed by atoms with Crippen molar-refractivity contribution in [3.8, 4) is 28.1 Å². The first-order valence-corrected chi connectivity index (χ1v) is 10.8. The van der Waals surface area contributed by atoms with Gasteiger partial charge in [-0.1, -0.05) is 12.1 Å². The summed E-state index contributed by atoms with van der Waals surface area (Å²) in [5, 5.41) is 23.6. The first kappa shape index (κ1) is 24.9. The zero-order valence-electron chi connectivity index (χ0n) is 18.6. The van der Waals surface area contributed by atoms with Crippen LogP contribution in [0.3, 0.4) is 0 Å². The number of esters is 1. The molecule has 1 aromatic heterocycles. The van der Waals surface area contributed by atoms with Gasteiger partial charge in [0, 0.05) is 23.2 Å². The SMILES string of the molecule is NCCCn1nc2c(c1C(=O)O)CCc1cc(OC(=O)C(F)(F)F)c(-c3cccc(C(=O)O)c3)cc1-2. The number of carbonyl (C=O) groups excluding carboxylic acids is 1. The summed E-state index contributed by atoms with van der Waals surface area (Å²) in [5.74, 6) is -5.25. The first-order valence-electron chi connectivity index (χ1n) is 10.8. The minimum absolute atomic E-state index is 0.00565. The average Bonchev–Trinajstić information content (AvgIpc) is 3.20. The monoisotopic (exact) mass is 503 g/mol. The quantitative estimate of drug-likeness (QED) is 0.328. The molecule has 0 spiro atoms. The number of carboxylic acid groups (broad SMARTS) is 2. The molecule has 1 aliphatic rings. The number of hydrogen-bond acceptors (Lipinski definition) is 6. The third-order valence-corrected chi connectivity index (χ3v) is 5.79. The number of rotatable bonds is 7. The van der Waals surface area contributed by atoms with E-state index in [0.717, 1.165) is 0 Å². The zero-order chi connectivity index (χ0) is 26.2. The highest BCUT2D eigenvalue weighted by Gasteiger charge is 2.42. The molecule has 4 rings (SSSR count). The van der Waals surface area contributed by atoms with Gasteiger partial charge in [0.15, 0.2) is 0 Å². The summed E-state index contributed by atoms with van der Waals surface area (Å²) >= 11 is 0. The molecule has 12 heteroatoms. The van der Waals surface area contributed by atoms with Crippen LogP contribution in [-0.2, 0) is 24.2 Å². The number of ether oxygens (including phenoxy) is 1. The molecule has 188 valence electrons. The number of aryl methyl sites for hydroxylation is 2. The normalized spacial score (nSPS) is 12.6. The summed E-state index contributed by atoms with van der Waals surface area (Å²) in [5.41, 5.74) is 7.42. The summed E-state index contributed by atoms with van der Waals surface area (Å²) in [6.07, 6.45) is -4.25. The van der Waals surface area contributed by atoms with Gasteiger partial charge in [-0.05, 0) is 61.2 Å². The molecule has 0 aliphatic heterocycles. The smallest absolute Gasteiger partial charge is 0.478 e. The zero-order valence-corrected chi connectivity index (χ0v) is 18.6. The summed E-state index contributed by atoms with van der Waals surface area (Å²) in [6.45, 7) is 0.577. The Bertz CT molecular complexity index is 1380. The molecule has 36 heavy (non-hydrogen) atoms. The van der Waals surface area contributed by atoms with Crippen LogP contribution in [0, 0.1) is 0 Å². The topological polar surface area (TPSA) is 145 Å². The van der Waals surface area contributed by atoms with Gasteiger partial charge >= 0.3 is 24.1 Å². The Morgan fingerprint density at radius 1 is 1.06 bits per heavy atom. The molecule has 0 amide bonds. The number of halogens is 3. The Kier molecular flexibility index (Phi) is 6.55. The Morgan fingerprint density at radius 3 is 2.44 bits per heavy atom. The van der Waals surface area contributed by atoms with E-state index in [2.05, 4.69) is 5.10 Å². The van der Waals surface area contributed by atoms with Crippen molar-refractivity contribution in [1.29, 1.82) is 0 Å². The molecule has 0 atom stereocenters. The van der Waals surface area contributed by atoms with Crippen molar-refractivity contribution < 1.29 is 42.5 Å². The van der Waals surface area contributed by atoms with E-state index in [1.54, 1.807) is 0 Å². The minimum Gasteiger partial charge on any atom is -0.478 e. The second kappa shape index (κ2) is 9.46. The third kappa shape index (κ3) is 4.67. The van der Waals surface area contributed by atoms with Crippen LogP contribution >= 0.6 is 0 Å². The van der Waals surface area contributed by atoms with Gasteiger partial charge in [0.1, 0.15) is 11.4 Å². The van der Waals surface area contributed by atoms with Gasteiger partial charge in [-0.25, -0.2) is 14.4 Å². The molecule has 0 fully saturated rings. The predicted molar refractivity (Wildman–Crippen MR) is 120 cm³/mol. The number of fused-ring (bicyclic) bond motifs is 3. The number of nitrogens with two attached hydrogens (primary N) is 1. The molecule has 1 heterocycles. The van der Waals surface area contributed by atoms with Gasteiger partial charge in [-0.15, -0.1) is 0 Å². The van der Waals surface area contributed by atoms with Gasteiger partial charge in [0.2, 0.25) is 0 Å². The van der Waals surface area contributed by atoms with Crippen molar-refractivity contribution in [3.05, 3.63) is 58.8 Å². The fourth-order valence-corrected chi connectivity index (χ4v) is 4.19. The van der Waals surface area contributed by atoms with Crippen LogP contribution in [0.4, 0.5) is 13.2 Å². The Labute approximate surface area is 201 Å². The number of hydrogen-bond donors (Lipinski definition) is 3. The summed E-state index contributed by atoms with van der Waals surface area (Å²) < 4.78 is 44.9. The van der Waals surface area contributed by atoms with Crippen molar-refractivity contribution >= 4 is 17.9 Å². The van der Waals surface area contributed by atoms with Gasteiger partial charge < -0.3 is 20.7 Å². The lowest BCUT2D eigenvalue weighted by Crippen LogP contribution is -2.28. The number of alkyl halides is 3. The van der Waals surface area contributed by atoms with Crippen molar-refractivity contribution in [2.45, 2.75) is 32.0 Å². The molecule has 0 saturated heterocycles. The highest BCUT2D eigenvalue weighted by Crippen LogP contribution is 2.42. The van der Waals surface area contributed by atoms with Crippen molar-refractivity contribution in [3.63, 3.8) is 0 Å². The van der Waals surface area contributed by atoms with Gasteiger partial charge in [0.25, 0.3) is 0 Å². The van der Waals surface area contributed by atoms with Crippen LogP contribution in [0.15, 0.2) is 36.4 Å². The Morgan fingerprint density at radius 2 is 1.81 bits per heavy atom. The third-order valence-electron chi connectivity index (χ3n) is 5.79. The summed E-state index contributed by atoms with van der Waals surface area (Å²) in [6, 6.07) is 8.14. The van der Waals surface area contributed by atoms with E-state index >= 15 is 0 Å². The molecule has 0 saturated carbocycles. The Hall–Kier alpha value is -4.19. The highest BCUT2D eigenvalue weighted by atomic mass is 19.4. The minimum atomic E-state index is -5.25. The molecule has 0 bridgehead atoms. The van der Waals surface area contributed by atoms with Gasteiger partial charge in [-0.3, -0.25) is 4.68 Å². The van der Waals surface area contributed by atoms with E-state index < -0.39 is 29.8 Å². The van der Waals surface area contributed by atoms with E-state index in [9.17, 15) is 37.8 Å². The van der Waals surface area contributed by atoms with Crippen LogP contribution in [0.5, 0.6) is 5.75 Å². The molecule has 4 N–H and O–H groups in total. The fourth-order valence-electron chi connectivity index (χ4n) is 4.19. The van der Waals surface area contributed by atoms with E-state index in [4.69, 9.17) is 10.5 Å². The molecule has 2 aromatic carbocycles. The van der Waals surface area contributed by atoms with Gasteiger partial charge in [0.05, 0.1) is 11.3 Å². The van der Waals surface area contributed by atoms with E-state index in [0.29, 0.717) is 35.3 Å². The largest absolute Gasteiger partial charge is 0.491 e. The van der Waals surface area contributed by atoms with Crippen LogP contribution < -0.4 is 10.5 Å². The first-order chi connectivity index (χ1) is 17.0. The maximum Gasteiger partial charge on any atom is 0.491 e. The van der Waals surface area contributed by atoms with Crippen molar-refractivity contribution in [2.75, 3.05) is 6.54 Å². The standard InChI is InChI=1S/C24H20F3N3O6/c25-24(26,27)23(35)36-18-10-13-5-6-15-19(29-30(8-2-7-28)20(15)22(33)34)17(13)11-16(18)12-3-1-4-14(9-12)21(31)32/h1,3-4,9-11H,2,5-8,28H2,(H,31,32)(H,33,34). The maximum absolute atomic E-state index is 13.0. The number of aromatic carboxylic acids is 2. The van der Waals surface area contributed by atoms with Crippen LogP contribution in [-0.4, -0.2) is 50.6 Å². The number of aromatic nitrogens is 2. The Balaban J connectivity index is 1.92. The number of benzene rings is 2. The van der Waals surface area contributed by atoms with Gasteiger partial charge in [-0.2, -0.15) is 18.3 Å². The molecular weight excluding hydrogens is 483 g/mol. The summed E-state index contributed by atoms with van der Waals surface area (Å²) in [7, 11) is 0. The van der Waals surface area contributed by atoms with Crippen LogP contribution in [0.2, 0.25) is 0 Å². The predicted octanol–water partition coefficient (Wildman–Crippen LogP) is 3.53. The molecule has 0 radical (unpaired) electrons. The lowest BCUT2D eigenvalue weighted by Gasteiger charge is -2.20. The number of carboxylic acids is 2. The van der Waals surface area contributed by atoms with E-state index in [-0.39, 0.29) is 41.8 Å². The second-order valence-corrected chi connectivity index (χ2v) is 8.13. The lowest BCUT2D eigenvalue weighted by atomic mass is 9.86. The van der Waals surface area contributed by atoms with Crippen molar-refractivity contribution in [2.24, 2.45) is 5.73 Å². The molecule has 9 nitrogen and oxygen atoms in total. The van der Waals surface area contributed by atoms with Crippen LogP contribution in [0.1, 0.15) is 38.4 Å². The average molecular weight is 503 g/mol. The maximum atomic E-state index is 13.0. The fraction of sp³-hybridized carbons (Fsp3) is 0.250. The molecular formula is C24H20F3N3O6. The number of carbonyl (C=O) groups is 3. The number of nitrogens with zero attached hydrogens (tertiary/aromatic N) is 2. The van der Waals surface area contributed by atoms with Crippen molar-refractivity contribution in [1.82, 2.24) is 9.78 Å². The second-order valence-electron chi connectivity index (χ2n) is 8.13.